The molecule has 0 aliphatic rings. The Morgan fingerprint density at radius 2 is 1.81 bits per heavy atom. The molecule has 0 saturated carbocycles. The number of carbonyl (C=O) groups excluding carboxylic acids is 3. The number of esters is 1. The highest BCUT2D eigenvalue weighted by Gasteiger charge is 2.12. The molecule has 3 amide bonds. The number of nitrogens with one attached hydrogen (secondary N) is 2. The van der Waals surface area contributed by atoms with Crippen molar-refractivity contribution in [3.8, 4) is 0 Å². The lowest BCUT2D eigenvalue weighted by molar-refractivity contribution is -0.123. The van der Waals surface area contributed by atoms with E-state index in [-0.39, 0.29) is 11.5 Å². The van der Waals surface area contributed by atoms with Crippen LogP contribution in [0, 0.1) is 11.7 Å². The minimum atomic E-state index is -0.771. The van der Waals surface area contributed by atoms with Gasteiger partial charge in [0.05, 0.1) is 5.56 Å². The summed E-state index contributed by atoms with van der Waals surface area (Å²) in [5.74, 6) is -1.74. The summed E-state index contributed by atoms with van der Waals surface area (Å²) in [5, 5.41) is 4.51. The van der Waals surface area contributed by atoms with Crippen LogP contribution in [0.4, 0.5) is 9.18 Å². The number of amides is 3. The van der Waals surface area contributed by atoms with Crippen molar-refractivity contribution in [1.82, 2.24) is 10.6 Å². The number of carbonyl (C=O) groups is 3. The lowest BCUT2D eigenvalue weighted by Crippen LogP contribution is -2.42. The molecule has 0 aromatic heterocycles. The fourth-order valence-electron chi connectivity index (χ4n) is 1.30. The Labute approximate surface area is 121 Å². The van der Waals surface area contributed by atoms with Crippen LogP contribution in [0.5, 0.6) is 0 Å². The highest BCUT2D eigenvalue weighted by Crippen LogP contribution is 2.04. The fraction of sp³-hybridized carbons (Fsp3) is 0.357. The standard InChI is InChI=1S/C14H17FN2O4/c1-9(2)7-16-14(20)17-12(18)8-21-13(19)10-3-5-11(15)6-4-10/h3-6,9H,7-8H2,1-2H3,(H2,16,17,18,20). The van der Waals surface area contributed by atoms with Gasteiger partial charge in [-0.15, -0.1) is 0 Å². The normalized spacial score (nSPS) is 10.1. The second-order valence-electron chi connectivity index (χ2n) is 4.74. The molecule has 0 bridgehead atoms. The van der Waals surface area contributed by atoms with Crippen LogP contribution in [-0.4, -0.2) is 31.1 Å². The number of ether oxygens (including phenoxy) is 1. The quantitative estimate of drug-likeness (QED) is 0.806. The molecule has 0 heterocycles. The monoisotopic (exact) mass is 296 g/mol. The number of halogens is 1. The first kappa shape index (κ1) is 16.6. The van der Waals surface area contributed by atoms with E-state index in [4.69, 9.17) is 4.74 Å². The van der Waals surface area contributed by atoms with E-state index in [9.17, 15) is 18.8 Å². The topological polar surface area (TPSA) is 84.5 Å². The van der Waals surface area contributed by atoms with Gasteiger partial charge in [0.2, 0.25) is 0 Å². The summed E-state index contributed by atoms with van der Waals surface area (Å²) in [6.07, 6.45) is 0. The number of benzene rings is 1. The maximum absolute atomic E-state index is 12.7. The number of hydrogen-bond donors (Lipinski definition) is 2. The van der Waals surface area contributed by atoms with Crippen molar-refractivity contribution in [2.24, 2.45) is 5.92 Å². The maximum Gasteiger partial charge on any atom is 0.338 e. The van der Waals surface area contributed by atoms with E-state index in [0.717, 1.165) is 12.1 Å². The van der Waals surface area contributed by atoms with Crippen molar-refractivity contribution in [3.63, 3.8) is 0 Å². The zero-order valence-electron chi connectivity index (χ0n) is 11.8. The zero-order valence-corrected chi connectivity index (χ0v) is 11.8. The highest BCUT2D eigenvalue weighted by atomic mass is 19.1. The van der Waals surface area contributed by atoms with Crippen molar-refractivity contribution >= 4 is 17.9 Å². The number of urea groups is 1. The van der Waals surface area contributed by atoms with Crippen LogP contribution in [0.1, 0.15) is 24.2 Å². The summed E-state index contributed by atoms with van der Waals surface area (Å²) in [6.45, 7) is 3.65. The third-order valence-corrected chi connectivity index (χ3v) is 2.34. The van der Waals surface area contributed by atoms with Crippen molar-refractivity contribution in [2.75, 3.05) is 13.2 Å². The first-order valence-corrected chi connectivity index (χ1v) is 6.39. The first-order valence-electron chi connectivity index (χ1n) is 6.39. The molecule has 0 atom stereocenters. The average molecular weight is 296 g/mol. The molecule has 1 rings (SSSR count). The van der Waals surface area contributed by atoms with Gasteiger partial charge in [0.15, 0.2) is 6.61 Å². The zero-order chi connectivity index (χ0) is 15.8. The Balaban J connectivity index is 2.34. The van der Waals surface area contributed by atoms with Gasteiger partial charge in [0.1, 0.15) is 5.82 Å². The molecule has 0 aliphatic heterocycles. The molecule has 0 unspecified atom stereocenters. The minimum absolute atomic E-state index is 0.119. The summed E-state index contributed by atoms with van der Waals surface area (Å²) in [5.41, 5.74) is 0.119. The Bertz CT molecular complexity index is 514. The van der Waals surface area contributed by atoms with Gasteiger partial charge in [-0.1, -0.05) is 13.8 Å². The van der Waals surface area contributed by atoms with Gasteiger partial charge in [0, 0.05) is 6.54 Å². The molecule has 0 spiro atoms. The lowest BCUT2D eigenvalue weighted by atomic mass is 10.2. The molecule has 6 nitrogen and oxygen atoms in total. The smallest absolute Gasteiger partial charge is 0.338 e. The van der Waals surface area contributed by atoms with E-state index >= 15 is 0 Å². The number of rotatable bonds is 5. The second-order valence-corrected chi connectivity index (χ2v) is 4.74. The van der Waals surface area contributed by atoms with Crippen molar-refractivity contribution in [2.45, 2.75) is 13.8 Å². The Morgan fingerprint density at radius 1 is 1.19 bits per heavy atom. The van der Waals surface area contributed by atoms with Crippen LogP contribution in [0.2, 0.25) is 0 Å². The number of hydrogen-bond acceptors (Lipinski definition) is 4. The van der Waals surface area contributed by atoms with Gasteiger partial charge in [-0.05, 0) is 30.2 Å². The molecule has 1 aromatic rings. The van der Waals surface area contributed by atoms with Crippen LogP contribution in [0.15, 0.2) is 24.3 Å². The van der Waals surface area contributed by atoms with Crippen molar-refractivity contribution < 1.29 is 23.5 Å². The summed E-state index contributed by atoms with van der Waals surface area (Å²) in [4.78, 5) is 34.2. The van der Waals surface area contributed by atoms with E-state index in [1.54, 1.807) is 0 Å². The molecular formula is C14H17FN2O4. The molecule has 0 fully saturated rings. The molecule has 21 heavy (non-hydrogen) atoms. The molecule has 0 saturated heterocycles. The van der Waals surface area contributed by atoms with Crippen molar-refractivity contribution in [3.05, 3.63) is 35.6 Å². The summed E-state index contributed by atoms with van der Waals surface area (Å²) in [6, 6.07) is 4.05. The highest BCUT2D eigenvalue weighted by molar-refractivity contribution is 5.96. The maximum atomic E-state index is 12.7. The minimum Gasteiger partial charge on any atom is -0.452 e. The Morgan fingerprint density at radius 3 is 2.38 bits per heavy atom. The van der Waals surface area contributed by atoms with Crippen LogP contribution in [0.3, 0.4) is 0 Å². The van der Waals surface area contributed by atoms with E-state index in [0.29, 0.717) is 6.54 Å². The Hall–Kier alpha value is -2.44. The first-order chi connectivity index (χ1) is 9.88. The SMILES string of the molecule is CC(C)CNC(=O)NC(=O)COC(=O)c1ccc(F)cc1. The molecule has 114 valence electrons. The van der Waals surface area contributed by atoms with E-state index < -0.39 is 30.3 Å². The largest absolute Gasteiger partial charge is 0.452 e. The van der Waals surface area contributed by atoms with Gasteiger partial charge >= 0.3 is 12.0 Å². The number of imide groups is 1. The predicted octanol–water partition coefficient (Wildman–Crippen LogP) is 1.46. The molecule has 7 heteroatoms. The summed E-state index contributed by atoms with van der Waals surface area (Å²) < 4.78 is 17.4. The summed E-state index contributed by atoms with van der Waals surface area (Å²) >= 11 is 0. The van der Waals surface area contributed by atoms with E-state index in [1.807, 2.05) is 19.2 Å². The van der Waals surface area contributed by atoms with Gasteiger partial charge in [-0.3, -0.25) is 10.1 Å². The van der Waals surface area contributed by atoms with Crippen LogP contribution in [-0.2, 0) is 9.53 Å². The molecule has 0 radical (unpaired) electrons. The summed E-state index contributed by atoms with van der Waals surface area (Å²) in [7, 11) is 0. The second kappa shape index (κ2) is 7.98. The van der Waals surface area contributed by atoms with Crippen LogP contribution < -0.4 is 10.6 Å². The molecule has 1 aromatic carbocycles. The third kappa shape index (κ3) is 6.51. The lowest BCUT2D eigenvalue weighted by Gasteiger charge is -2.09. The Kier molecular flexibility index (Phi) is 6.32. The molecule has 2 N–H and O–H groups in total. The van der Waals surface area contributed by atoms with Gasteiger partial charge in [-0.25, -0.2) is 14.0 Å². The predicted molar refractivity (Wildman–Crippen MR) is 73.1 cm³/mol. The van der Waals surface area contributed by atoms with Gasteiger partial charge < -0.3 is 10.1 Å². The van der Waals surface area contributed by atoms with Gasteiger partial charge in [-0.2, -0.15) is 0 Å². The third-order valence-electron chi connectivity index (χ3n) is 2.34. The van der Waals surface area contributed by atoms with Crippen LogP contribution >= 0.6 is 0 Å². The fourth-order valence-corrected chi connectivity index (χ4v) is 1.30. The molecule has 0 aliphatic carbocycles. The molecular weight excluding hydrogens is 279 g/mol. The van der Waals surface area contributed by atoms with Gasteiger partial charge in [0.25, 0.3) is 5.91 Å². The average Bonchev–Trinajstić information content (AvgIpc) is 2.43. The van der Waals surface area contributed by atoms with E-state index in [1.165, 1.54) is 12.1 Å². The van der Waals surface area contributed by atoms with E-state index in [2.05, 4.69) is 5.32 Å². The van der Waals surface area contributed by atoms with Crippen molar-refractivity contribution in [1.29, 1.82) is 0 Å². The van der Waals surface area contributed by atoms with Crippen LogP contribution in [0.25, 0.3) is 0 Å².